The fourth-order valence-corrected chi connectivity index (χ4v) is 4.33. The van der Waals surface area contributed by atoms with Gasteiger partial charge in [0.25, 0.3) is 0 Å². The quantitative estimate of drug-likeness (QED) is 0.611. The summed E-state index contributed by atoms with van der Waals surface area (Å²) in [6.07, 6.45) is 8.09. The fraction of sp³-hybridized carbons (Fsp3) is 1.00. The van der Waals surface area contributed by atoms with Gasteiger partial charge in [-0.2, -0.15) is 0 Å². The van der Waals surface area contributed by atoms with Crippen molar-refractivity contribution in [3.63, 3.8) is 0 Å². The molecule has 0 bridgehead atoms. The number of hydrogen-bond donors (Lipinski definition) is 0. The molecule has 3 heteroatoms. The second kappa shape index (κ2) is 7.62. The highest BCUT2D eigenvalue weighted by molar-refractivity contribution is 7.57. The lowest BCUT2D eigenvalue weighted by atomic mass is 10.4. The maximum atomic E-state index is 5.50. The lowest BCUT2D eigenvalue weighted by molar-refractivity contribution is -0.0223. The van der Waals surface area contributed by atoms with E-state index in [1.807, 2.05) is 0 Å². The van der Waals surface area contributed by atoms with Crippen LogP contribution in [0.25, 0.3) is 0 Å². The molecule has 1 unspecified atom stereocenters. The molecule has 0 aromatic heterocycles. The monoisotopic (exact) mass is 218 g/mol. The van der Waals surface area contributed by atoms with E-state index in [1.165, 1.54) is 37.7 Å². The third-order valence-corrected chi connectivity index (χ3v) is 5.31. The Morgan fingerprint density at radius 1 is 1.07 bits per heavy atom. The summed E-state index contributed by atoms with van der Waals surface area (Å²) in [6.45, 7) is 6.14. The Morgan fingerprint density at radius 2 is 1.79 bits per heavy atom. The van der Waals surface area contributed by atoms with Crippen molar-refractivity contribution in [2.24, 2.45) is 0 Å². The van der Waals surface area contributed by atoms with Gasteiger partial charge in [-0.1, -0.05) is 26.7 Å². The highest BCUT2D eigenvalue weighted by Gasteiger charge is 2.20. The molecule has 1 atom stereocenters. The third kappa shape index (κ3) is 4.72. The molecular formula is C11H23O2P. The number of hydrogen-bond acceptors (Lipinski definition) is 2. The maximum absolute atomic E-state index is 5.50. The second-order valence-electron chi connectivity index (χ2n) is 3.83. The minimum absolute atomic E-state index is 0.129. The van der Waals surface area contributed by atoms with Crippen molar-refractivity contribution in [1.29, 1.82) is 0 Å². The topological polar surface area (TPSA) is 18.5 Å². The fourth-order valence-electron chi connectivity index (χ4n) is 1.72. The zero-order valence-corrected chi connectivity index (χ0v) is 10.4. The molecule has 0 radical (unpaired) electrons. The van der Waals surface area contributed by atoms with Gasteiger partial charge in [0.05, 0.1) is 13.2 Å². The van der Waals surface area contributed by atoms with Crippen LogP contribution in [0.2, 0.25) is 0 Å². The van der Waals surface area contributed by atoms with Crippen LogP contribution in [0.5, 0.6) is 0 Å². The van der Waals surface area contributed by atoms with E-state index >= 15 is 0 Å². The number of rotatable bonds is 7. The Kier molecular flexibility index (Phi) is 6.76. The van der Waals surface area contributed by atoms with Crippen LogP contribution in [0.1, 0.15) is 33.1 Å². The van der Waals surface area contributed by atoms with Gasteiger partial charge in [0.1, 0.15) is 0 Å². The normalized spacial score (nSPS) is 20.1. The van der Waals surface area contributed by atoms with Crippen LogP contribution in [0.4, 0.5) is 0 Å². The minimum Gasteiger partial charge on any atom is -0.350 e. The second-order valence-corrected chi connectivity index (χ2v) is 6.43. The lowest BCUT2D eigenvalue weighted by Gasteiger charge is -2.19. The molecule has 1 saturated heterocycles. The van der Waals surface area contributed by atoms with E-state index in [1.54, 1.807) is 0 Å². The first-order chi connectivity index (χ1) is 6.86. The molecule has 2 nitrogen and oxygen atoms in total. The van der Waals surface area contributed by atoms with Crippen LogP contribution in [-0.2, 0) is 9.47 Å². The largest absolute Gasteiger partial charge is 0.350 e. The molecule has 0 saturated carbocycles. The van der Waals surface area contributed by atoms with Gasteiger partial charge < -0.3 is 9.47 Å². The Labute approximate surface area is 89.1 Å². The van der Waals surface area contributed by atoms with E-state index < -0.39 is 0 Å². The van der Waals surface area contributed by atoms with Gasteiger partial charge >= 0.3 is 0 Å². The van der Waals surface area contributed by atoms with E-state index in [-0.39, 0.29) is 14.2 Å². The van der Waals surface area contributed by atoms with Gasteiger partial charge in [-0.15, -0.1) is 7.92 Å². The van der Waals surface area contributed by atoms with E-state index in [9.17, 15) is 0 Å². The summed E-state index contributed by atoms with van der Waals surface area (Å²) in [5, 5.41) is 0. The summed E-state index contributed by atoms with van der Waals surface area (Å²) in [5.74, 6) is 0. The first-order valence-electron chi connectivity index (χ1n) is 5.82. The SMILES string of the molecule is CCCCP(CCC)CC1OCCO1. The zero-order chi connectivity index (χ0) is 10.2. The van der Waals surface area contributed by atoms with Crippen LogP contribution < -0.4 is 0 Å². The van der Waals surface area contributed by atoms with Crippen molar-refractivity contribution in [3.8, 4) is 0 Å². The van der Waals surface area contributed by atoms with Gasteiger partial charge in [0.2, 0.25) is 0 Å². The van der Waals surface area contributed by atoms with Crippen molar-refractivity contribution in [1.82, 2.24) is 0 Å². The predicted molar refractivity (Wildman–Crippen MR) is 62.4 cm³/mol. The van der Waals surface area contributed by atoms with Crippen LogP contribution in [0.15, 0.2) is 0 Å². The van der Waals surface area contributed by atoms with Crippen LogP contribution in [0.3, 0.4) is 0 Å². The standard InChI is InChI=1S/C11H23O2P/c1-3-5-9-14(8-4-2)10-11-12-6-7-13-11/h11H,3-10H2,1-2H3. The highest BCUT2D eigenvalue weighted by atomic mass is 31.1. The van der Waals surface area contributed by atoms with Crippen molar-refractivity contribution in [3.05, 3.63) is 0 Å². The molecule has 0 aliphatic carbocycles. The van der Waals surface area contributed by atoms with Gasteiger partial charge in [-0.25, -0.2) is 0 Å². The summed E-state index contributed by atoms with van der Waals surface area (Å²) < 4.78 is 11.0. The molecule has 1 fully saturated rings. The molecule has 0 N–H and O–H groups in total. The van der Waals surface area contributed by atoms with Crippen LogP contribution >= 0.6 is 7.92 Å². The molecule has 14 heavy (non-hydrogen) atoms. The average Bonchev–Trinajstić information content (AvgIpc) is 2.67. The summed E-state index contributed by atoms with van der Waals surface area (Å²) in [4.78, 5) is 0. The molecule has 1 aliphatic heterocycles. The van der Waals surface area contributed by atoms with Gasteiger partial charge in [-0.3, -0.25) is 0 Å². The van der Waals surface area contributed by atoms with E-state index in [0.29, 0.717) is 0 Å². The molecule has 0 aromatic carbocycles. The van der Waals surface area contributed by atoms with Gasteiger partial charge in [0, 0.05) is 6.16 Å². The molecule has 84 valence electrons. The third-order valence-electron chi connectivity index (χ3n) is 2.47. The molecule has 1 rings (SSSR count). The Balaban J connectivity index is 2.18. The van der Waals surface area contributed by atoms with Gasteiger partial charge in [-0.05, 0) is 18.7 Å². The summed E-state index contributed by atoms with van der Waals surface area (Å²) in [6, 6.07) is 0. The smallest absolute Gasteiger partial charge is 0.161 e. The van der Waals surface area contributed by atoms with Crippen LogP contribution in [-0.4, -0.2) is 38.0 Å². The maximum Gasteiger partial charge on any atom is 0.161 e. The van der Waals surface area contributed by atoms with Crippen molar-refractivity contribution < 1.29 is 9.47 Å². The lowest BCUT2D eigenvalue weighted by Crippen LogP contribution is -2.14. The summed E-state index contributed by atoms with van der Waals surface area (Å²) in [5.41, 5.74) is 0. The summed E-state index contributed by atoms with van der Waals surface area (Å²) >= 11 is 0. The zero-order valence-electron chi connectivity index (χ0n) is 9.50. The van der Waals surface area contributed by atoms with E-state index in [4.69, 9.17) is 9.47 Å². The van der Waals surface area contributed by atoms with Crippen molar-refractivity contribution in [2.75, 3.05) is 31.7 Å². The van der Waals surface area contributed by atoms with Crippen LogP contribution in [0, 0.1) is 0 Å². The minimum atomic E-state index is 0.129. The number of unbranched alkanes of at least 4 members (excludes halogenated alkanes) is 1. The molecule has 1 heterocycles. The average molecular weight is 218 g/mol. The Bertz CT molecular complexity index is 135. The Morgan fingerprint density at radius 3 is 2.36 bits per heavy atom. The highest BCUT2D eigenvalue weighted by Crippen LogP contribution is 2.39. The van der Waals surface area contributed by atoms with E-state index in [2.05, 4.69) is 13.8 Å². The first-order valence-corrected chi connectivity index (χ1v) is 7.72. The molecule has 0 spiro atoms. The first kappa shape index (κ1) is 12.4. The molecular weight excluding hydrogens is 195 g/mol. The predicted octanol–water partition coefficient (Wildman–Crippen LogP) is 3.05. The van der Waals surface area contributed by atoms with E-state index in [0.717, 1.165) is 13.2 Å². The van der Waals surface area contributed by atoms with Crippen molar-refractivity contribution in [2.45, 2.75) is 39.4 Å². The molecule has 1 aliphatic rings. The summed E-state index contributed by atoms with van der Waals surface area (Å²) in [7, 11) is 0.172. The Hall–Kier alpha value is 0.350. The molecule has 0 amide bonds. The molecule has 0 aromatic rings. The number of ether oxygens (including phenoxy) is 2. The van der Waals surface area contributed by atoms with Gasteiger partial charge in [0.15, 0.2) is 6.29 Å². The van der Waals surface area contributed by atoms with Crippen molar-refractivity contribution >= 4 is 7.92 Å².